The van der Waals surface area contributed by atoms with Crippen molar-refractivity contribution in [1.82, 2.24) is 4.90 Å². The molecule has 0 atom stereocenters. The van der Waals surface area contributed by atoms with Gasteiger partial charge in [0.2, 0.25) is 0 Å². The van der Waals surface area contributed by atoms with E-state index in [1.165, 1.54) is 6.07 Å². The van der Waals surface area contributed by atoms with Gasteiger partial charge >= 0.3 is 0 Å². The maximum atomic E-state index is 13.4. The first-order valence-electron chi connectivity index (χ1n) is 6.07. The van der Waals surface area contributed by atoms with E-state index < -0.39 is 0 Å². The van der Waals surface area contributed by atoms with Gasteiger partial charge in [-0.1, -0.05) is 6.07 Å². The van der Waals surface area contributed by atoms with Crippen molar-refractivity contribution < 1.29 is 9.18 Å². The molecule has 0 aromatic heterocycles. The summed E-state index contributed by atoms with van der Waals surface area (Å²) < 4.78 is 13.4. The molecule has 0 radical (unpaired) electrons. The lowest BCUT2D eigenvalue weighted by Crippen LogP contribution is -2.38. The standard InChI is InChI=1S/C14H15FN2O/c1-10-2-3-12(8-13(10)15)14(18)17-6-4-11(9-16)5-7-17/h2-3,8,11H,4-7H2,1H3. The molecule has 3 nitrogen and oxygen atoms in total. The quantitative estimate of drug-likeness (QED) is 0.764. The molecule has 1 amide bonds. The van der Waals surface area contributed by atoms with Crippen LogP contribution in [0.15, 0.2) is 18.2 Å². The van der Waals surface area contributed by atoms with Gasteiger partial charge in [-0.3, -0.25) is 4.79 Å². The molecular formula is C14H15FN2O. The molecule has 1 aromatic rings. The summed E-state index contributed by atoms with van der Waals surface area (Å²) in [5, 5.41) is 8.80. The van der Waals surface area contributed by atoms with Crippen molar-refractivity contribution in [2.24, 2.45) is 5.92 Å². The van der Waals surface area contributed by atoms with E-state index in [-0.39, 0.29) is 17.6 Å². The lowest BCUT2D eigenvalue weighted by molar-refractivity contribution is 0.0707. The molecule has 1 aliphatic heterocycles. The van der Waals surface area contributed by atoms with Gasteiger partial charge in [-0.25, -0.2) is 4.39 Å². The summed E-state index contributed by atoms with van der Waals surface area (Å²) in [6.45, 7) is 2.82. The summed E-state index contributed by atoms with van der Waals surface area (Å²) in [6.07, 6.45) is 1.41. The molecule has 4 heteroatoms. The first-order valence-corrected chi connectivity index (χ1v) is 6.07. The number of nitrogens with zero attached hydrogens (tertiary/aromatic N) is 2. The maximum Gasteiger partial charge on any atom is 0.253 e. The number of carbonyl (C=O) groups is 1. The lowest BCUT2D eigenvalue weighted by atomic mass is 9.98. The molecule has 94 valence electrons. The van der Waals surface area contributed by atoms with Gasteiger partial charge in [0, 0.05) is 24.6 Å². The average Bonchev–Trinajstić information content (AvgIpc) is 2.41. The van der Waals surface area contributed by atoms with Crippen LogP contribution in [0.25, 0.3) is 0 Å². The van der Waals surface area contributed by atoms with Crippen LogP contribution in [0.4, 0.5) is 4.39 Å². The summed E-state index contributed by atoms with van der Waals surface area (Å²) in [6, 6.07) is 6.77. The van der Waals surface area contributed by atoms with Gasteiger partial charge in [0.25, 0.3) is 5.91 Å². The van der Waals surface area contributed by atoms with Crippen molar-refractivity contribution in [3.05, 3.63) is 35.1 Å². The Kier molecular flexibility index (Phi) is 3.61. The fourth-order valence-corrected chi connectivity index (χ4v) is 2.12. The number of nitriles is 1. The van der Waals surface area contributed by atoms with E-state index in [1.807, 2.05) is 0 Å². The number of benzene rings is 1. The van der Waals surface area contributed by atoms with E-state index in [0.717, 1.165) is 0 Å². The van der Waals surface area contributed by atoms with Gasteiger partial charge in [0.15, 0.2) is 0 Å². The van der Waals surface area contributed by atoms with E-state index in [0.29, 0.717) is 37.1 Å². The minimum atomic E-state index is -0.354. The molecule has 0 unspecified atom stereocenters. The molecule has 18 heavy (non-hydrogen) atoms. The maximum absolute atomic E-state index is 13.4. The average molecular weight is 246 g/mol. The largest absolute Gasteiger partial charge is 0.339 e. The van der Waals surface area contributed by atoms with Crippen LogP contribution in [0.3, 0.4) is 0 Å². The second kappa shape index (κ2) is 5.18. The van der Waals surface area contributed by atoms with Gasteiger partial charge < -0.3 is 4.90 Å². The van der Waals surface area contributed by atoms with Crippen LogP contribution in [0.5, 0.6) is 0 Å². The number of halogens is 1. The summed E-state index contributed by atoms with van der Waals surface area (Å²) in [5.41, 5.74) is 0.920. The van der Waals surface area contributed by atoms with Crippen LogP contribution in [0.2, 0.25) is 0 Å². The summed E-state index contributed by atoms with van der Waals surface area (Å²) >= 11 is 0. The number of carbonyl (C=O) groups excluding carboxylic acids is 1. The third kappa shape index (κ3) is 2.51. The van der Waals surface area contributed by atoms with Gasteiger partial charge in [-0.15, -0.1) is 0 Å². The molecule has 0 N–H and O–H groups in total. The fourth-order valence-electron chi connectivity index (χ4n) is 2.12. The van der Waals surface area contributed by atoms with Gasteiger partial charge in [-0.2, -0.15) is 5.26 Å². The number of hydrogen-bond donors (Lipinski definition) is 0. The molecule has 0 saturated carbocycles. The topological polar surface area (TPSA) is 44.1 Å². The van der Waals surface area contributed by atoms with Gasteiger partial charge in [0.05, 0.1) is 6.07 Å². The first kappa shape index (κ1) is 12.6. The summed E-state index contributed by atoms with van der Waals surface area (Å²) in [7, 11) is 0. The highest BCUT2D eigenvalue weighted by Gasteiger charge is 2.23. The minimum Gasteiger partial charge on any atom is -0.339 e. The van der Waals surface area contributed by atoms with E-state index in [2.05, 4.69) is 6.07 Å². The zero-order valence-corrected chi connectivity index (χ0v) is 10.3. The second-order valence-electron chi connectivity index (χ2n) is 4.66. The number of likely N-dealkylation sites (tertiary alicyclic amines) is 1. The number of hydrogen-bond acceptors (Lipinski definition) is 2. The number of rotatable bonds is 1. The van der Waals surface area contributed by atoms with E-state index in [9.17, 15) is 9.18 Å². The zero-order chi connectivity index (χ0) is 13.1. The van der Waals surface area contributed by atoms with Crippen molar-refractivity contribution in [2.75, 3.05) is 13.1 Å². The van der Waals surface area contributed by atoms with Crippen LogP contribution in [-0.2, 0) is 0 Å². The van der Waals surface area contributed by atoms with E-state index >= 15 is 0 Å². The Bertz CT molecular complexity index is 499. The molecule has 0 aliphatic carbocycles. The fraction of sp³-hybridized carbons (Fsp3) is 0.429. The number of amides is 1. The van der Waals surface area contributed by atoms with Crippen LogP contribution < -0.4 is 0 Å². The molecule has 1 fully saturated rings. The summed E-state index contributed by atoms with van der Waals surface area (Å²) in [4.78, 5) is 13.8. The third-order valence-corrected chi connectivity index (χ3v) is 3.38. The molecule has 1 aromatic carbocycles. The highest BCUT2D eigenvalue weighted by molar-refractivity contribution is 5.94. The van der Waals surface area contributed by atoms with Crippen molar-refractivity contribution in [2.45, 2.75) is 19.8 Å². The smallest absolute Gasteiger partial charge is 0.253 e. The normalized spacial score (nSPS) is 16.4. The van der Waals surface area contributed by atoms with Crippen molar-refractivity contribution in [3.8, 4) is 6.07 Å². The zero-order valence-electron chi connectivity index (χ0n) is 10.3. The van der Waals surface area contributed by atoms with Crippen molar-refractivity contribution >= 4 is 5.91 Å². The number of piperidine rings is 1. The van der Waals surface area contributed by atoms with Crippen molar-refractivity contribution in [3.63, 3.8) is 0 Å². The highest BCUT2D eigenvalue weighted by atomic mass is 19.1. The minimum absolute atomic E-state index is 0.0452. The van der Waals surface area contributed by atoms with Gasteiger partial charge in [0.1, 0.15) is 5.82 Å². The highest BCUT2D eigenvalue weighted by Crippen LogP contribution is 2.19. The Morgan fingerprint density at radius 2 is 2.11 bits per heavy atom. The Hall–Kier alpha value is -1.89. The van der Waals surface area contributed by atoms with Crippen LogP contribution in [-0.4, -0.2) is 23.9 Å². The SMILES string of the molecule is Cc1ccc(C(=O)N2CCC(C#N)CC2)cc1F. The third-order valence-electron chi connectivity index (χ3n) is 3.38. The number of aryl methyl sites for hydroxylation is 1. The van der Waals surface area contributed by atoms with E-state index in [4.69, 9.17) is 5.26 Å². The molecule has 0 spiro atoms. The van der Waals surface area contributed by atoms with Crippen molar-refractivity contribution in [1.29, 1.82) is 5.26 Å². The predicted octanol–water partition coefficient (Wildman–Crippen LogP) is 2.51. The second-order valence-corrected chi connectivity index (χ2v) is 4.66. The molecule has 0 bridgehead atoms. The first-order chi connectivity index (χ1) is 8.61. The van der Waals surface area contributed by atoms with Crippen LogP contribution in [0.1, 0.15) is 28.8 Å². The monoisotopic (exact) mass is 246 g/mol. The van der Waals surface area contributed by atoms with Crippen LogP contribution >= 0.6 is 0 Å². The molecule has 1 aliphatic rings. The Morgan fingerprint density at radius 3 is 2.67 bits per heavy atom. The van der Waals surface area contributed by atoms with E-state index in [1.54, 1.807) is 24.0 Å². The molecular weight excluding hydrogens is 231 g/mol. The van der Waals surface area contributed by atoms with Gasteiger partial charge in [-0.05, 0) is 37.5 Å². The Morgan fingerprint density at radius 1 is 1.44 bits per heavy atom. The molecule has 1 heterocycles. The Labute approximate surface area is 106 Å². The van der Waals surface area contributed by atoms with Crippen LogP contribution in [0, 0.1) is 30.0 Å². The molecule has 2 rings (SSSR count). The Balaban J connectivity index is 2.08. The molecule has 1 saturated heterocycles. The predicted molar refractivity (Wildman–Crippen MR) is 65.4 cm³/mol. The summed E-state index contributed by atoms with van der Waals surface area (Å²) in [5.74, 6) is -0.457. The lowest BCUT2D eigenvalue weighted by Gasteiger charge is -2.29.